The van der Waals surface area contributed by atoms with Crippen molar-refractivity contribution in [1.82, 2.24) is 14.9 Å². The number of hydrogen-bond acceptors (Lipinski definition) is 5. The molecule has 0 atom stereocenters. The summed E-state index contributed by atoms with van der Waals surface area (Å²) in [5.74, 6) is 9.50. The Labute approximate surface area is 245 Å². The second-order valence-corrected chi connectivity index (χ2v) is 10.6. The molecule has 3 aromatic rings. The van der Waals surface area contributed by atoms with Crippen LogP contribution in [0.1, 0.15) is 37.4 Å². The molecular weight excluding hydrogens is 600 g/mol. The molecule has 2 heterocycles. The molecule has 0 saturated heterocycles. The summed E-state index contributed by atoms with van der Waals surface area (Å²) in [6.07, 6.45) is 4.03. The van der Waals surface area contributed by atoms with Gasteiger partial charge < -0.3 is 5.32 Å². The Morgan fingerprint density at radius 2 is 1.98 bits per heavy atom. The van der Waals surface area contributed by atoms with E-state index in [4.69, 9.17) is 15.3 Å². The molecule has 4 N–H and O–H groups in total. The van der Waals surface area contributed by atoms with Gasteiger partial charge in [0.15, 0.2) is 0 Å². The van der Waals surface area contributed by atoms with Gasteiger partial charge in [-0.05, 0) is 12.3 Å². The number of ether oxygens (including phenoxy) is 1. The molecule has 1 amide bonds. The second-order valence-electron chi connectivity index (χ2n) is 8.33. The van der Waals surface area contributed by atoms with Gasteiger partial charge in [-0.15, -0.1) is 0 Å². The Morgan fingerprint density at radius 3 is 2.56 bits per heavy atom. The van der Waals surface area contributed by atoms with Crippen LogP contribution < -0.4 is 25.6 Å². The van der Waals surface area contributed by atoms with Gasteiger partial charge in [0.25, 0.3) is 0 Å². The van der Waals surface area contributed by atoms with E-state index in [0.717, 1.165) is 17.7 Å². The molecule has 1 aromatic carbocycles. The monoisotopic (exact) mass is 637 g/mol. The van der Waals surface area contributed by atoms with E-state index < -0.39 is 20.0 Å². The number of fused-ring (bicyclic) bond motifs is 1. The number of methoxy groups -OCH3 is 1. The van der Waals surface area contributed by atoms with E-state index in [1.165, 1.54) is 17.4 Å². The zero-order chi connectivity index (χ0) is 30.8. The third kappa shape index (κ3) is 13.2. The van der Waals surface area contributed by atoms with Crippen LogP contribution in [0.3, 0.4) is 0 Å². The van der Waals surface area contributed by atoms with Gasteiger partial charge in [-0.2, -0.15) is 4.58 Å². The molecule has 0 unspecified atom stereocenters. The Bertz CT molecular complexity index is 1420. The molecule has 0 aliphatic heterocycles. The number of nitrogen functional groups attached to an aromatic ring is 1. The van der Waals surface area contributed by atoms with Crippen molar-refractivity contribution in [2.75, 3.05) is 38.8 Å². The molecule has 0 bridgehead atoms. The Kier molecular flexibility index (Phi) is 15.6. The first kappa shape index (κ1) is 34.9. The molecule has 12 heteroatoms. The zero-order valence-electron chi connectivity index (χ0n) is 23.9. The van der Waals surface area contributed by atoms with Crippen LogP contribution in [-0.4, -0.2) is 75.1 Å². The minimum absolute atomic E-state index is 0.0766. The van der Waals surface area contributed by atoms with Gasteiger partial charge in [0, 0.05) is 13.5 Å². The second kappa shape index (κ2) is 18.3. The summed E-state index contributed by atoms with van der Waals surface area (Å²) >= 11 is -1.78. The van der Waals surface area contributed by atoms with Gasteiger partial charge in [-0.1, -0.05) is 13.3 Å². The summed E-state index contributed by atoms with van der Waals surface area (Å²) < 4.78 is 47.4. The Morgan fingerprint density at radius 1 is 1.27 bits per heavy atom. The summed E-state index contributed by atoms with van der Waals surface area (Å²) in [5.41, 5.74) is 8.05. The molecule has 0 radical (unpaired) electrons. The number of nitrogens with zero attached hydrogens (tertiary/aromatic N) is 3. The van der Waals surface area contributed by atoms with Crippen molar-refractivity contribution < 1.29 is 27.3 Å². The fourth-order valence-electron chi connectivity index (χ4n) is 3.03. The number of carbonyl (C=O) groups is 1. The number of rotatable bonds is 7. The van der Waals surface area contributed by atoms with Crippen molar-refractivity contribution in [3.8, 4) is 29.6 Å². The predicted molar refractivity (Wildman–Crippen MR) is 160 cm³/mol. The van der Waals surface area contributed by atoms with Crippen LogP contribution in [0.5, 0.6) is 5.75 Å². The molecule has 0 aliphatic carbocycles. The van der Waals surface area contributed by atoms with E-state index in [2.05, 4.69) is 53.2 Å². The van der Waals surface area contributed by atoms with Crippen LogP contribution >= 0.6 is 0 Å². The number of aromatic nitrogens is 2. The number of hydrogen-bond donors (Lipinski definition) is 3. The van der Waals surface area contributed by atoms with E-state index in [9.17, 15) is 13.2 Å². The van der Waals surface area contributed by atoms with E-state index in [1.807, 2.05) is 32.2 Å². The number of nitrogens with two attached hydrogens (primary N) is 1. The first-order valence-electron chi connectivity index (χ1n) is 12.5. The van der Waals surface area contributed by atoms with E-state index in [-0.39, 0.29) is 22.5 Å². The fraction of sp³-hybridized carbons (Fsp3) is 0.345. The van der Waals surface area contributed by atoms with E-state index in [0.29, 0.717) is 17.7 Å². The van der Waals surface area contributed by atoms with Crippen molar-refractivity contribution in [3.05, 3.63) is 47.7 Å². The number of pyridine rings is 1. The Balaban J connectivity index is 0.000000541. The molecule has 0 saturated carbocycles. The van der Waals surface area contributed by atoms with Crippen LogP contribution in [0.4, 0.5) is 24.7 Å². The van der Waals surface area contributed by atoms with Crippen LogP contribution in [-0.2, 0) is 4.79 Å². The summed E-state index contributed by atoms with van der Waals surface area (Å²) in [6, 6.07) is 13.3. The maximum absolute atomic E-state index is 13.0. The molecule has 0 spiro atoms. The Hall–Kier alpha value is -4.12. The molecule has 220 valence electrons. The van der Waals surface area contributed by atoms with Gasteiger partial charge in [0.1, 0.15) is 13.8 Å². The van der Waals surface area contributed by atoms with Crippen LogP contribution in [0.25, 0.3) is 5.52 Å². The molecule has 3 rings (SSSR count). The number of unbranched alkanes of at least 4 members (excludes halogenated alkanes) is 2. The van der Waals surface area contributed by atoms with Gasteiger partial charge in [0.05, 0.1) is 0 Å². The van der Waals surface area contributed by atoms with Gasteiger partial charge in [-0.3, -0.25) is 4.79 Å². The van der Waals surface area contributed by atoms with Crippen LogP contribution in [0.2, 0.25) is 0 Å². The first-order chi connectivity index (χ1) is 19.5. The molecule has 41 heavy (non-hydrogen) atoms. The van der Waals surface area contributed by atoms with Gasteiger partial charge in [-0.25, -0.2) is 0 Å². The SMILES string of the molecule is C=[N+](C)C#CCCCC.CNC=O.COc1cc(C)ccc1NCC#Cc1nn2c(N)cccc2c1[Se]C(F)(F)F. The van der Waals surface area contributed by atoms with Crippen molar-refractivity contribution >= 4 is 49.6 Å². The normalized spacial score (nSPS) is 9.85. The average Bonchev–Trinajstić information content (AvgIpc) is 3.27. The third-order valence-electron chi connectivity index (χ3n) is 4.83. The van der Waals surface area contributed by atoms with Crippen molar-refractivity contribution in [1.29, 1.82) is 0 Å². The fourth-order valence-corrected chi connectivity index (χ4v) is 4.46. The third-order valence-corrected chi connectivity index (χ3v) is 6.59. The quantitative estimate of drug-likeness (QED) is 0.0704. The molecule has 0 aliphatic rings. The number of amides is 1. The maximum atomic E-state index is 13.0. The number of aryl methyl sites for hydroxylation is 1. The van der Waals surface area contributed by atoms with Crippen molar-refractivity contribution in [2.45, 2.75) is 38.2 Å². The van der Waals surface area contributed by atoms with Crippen molar-refractivity contribution in [3.63, 3.8) is 0 Å². The summed E-state index contributed by atoms with van der Waals surface area (Å²) in [4.78, 5) is 9.06. The zero-order valence-corrected chi connectivity index (χ0v) is 25.6. The van der Waals surface area contributed by atoms with E-state index >= 15 is 0 Å². The van der Waals surface area contributed by atoms with Gasteiger partial charge >= 0.3 is 166 Å². The first-order valence-corrected chi connectivity index (χ1v) is 14.2. The molecular formula is C29H36F3N6O2Se+. The molecule has 0 fully saturated rings. The van der Waals surface area contributed by atoms with Crippen LogP contribution in [0, 0.1) is 30.7 Å². The van der Waals surface area contributed by atoms with Gasteiger partial charge in [0.2, 0.25) is 12.5 Å². The van der Waals surface area contributed by atoms with Crippen molar-refractivity contribution in [2.24, 2.45) is 0 Å². The predicted octanol–water partition coefficient (Wildman–Crippen LogP) is 3.39. The molecule has 8 nitrogen and oxygen atoms in total. The molecule has 2 aromatic heterocycles. The topological polar surface area (TPSA) is 96.7 Å². The number of nitrogens with one attached hydrogen (secondary N) is 2. The van der Waals surface area contributed by atoms with Crippen LogP contribution in [0.15, 0.2) is 36.4 Å². The standard InChI is InChI=1S/C19H17F3N4OSe.C8H14N.C2H5NO/c1-12-8-9-13(16(11-12)27-2)24-10-4-5-14-18(28-19(20,21)22)15-6-3-7-17(23)26(15)25-14;1-4-5-6-7-8-9(2)3;1-3-2-4/h3,6-9,11,24H,10,23H2,1-2H3;2,4-6H2,1,3H3;2H,1H3,(H,3,4)/q;+1;. The summed E-state index contributed by atoms with van der Waals surface area (Å²) in [5, 5.41) is 5.20. The number of halogens is 3. The summed E-state index contributed by atoms with van der Waals surface area (Å²) in [6.45, 7) is 7.93. The number of benzene rings is 1. The van der Waals surface area contributed by atoms with E-state index in [1.54, 1.807) is 36.9 Å². The summed E-state index contributed by atoms with van der Waals surface area (Å²) in [7, 11) is 4.98. The average molecular weight is 637 g/mol. The number of anilines is 2. The number of alkyl halides is 3. The minimum atomic E-state index is -4.31. The number of carbonyl (C=O) groups excluding carboxylic acids is 1.